The number of aryl methyl sites for hydroxylation is 1. The van der Waals surface area contributed by atoms with Gasteiger partial charge in [0, 0.05) is 18.3 Å². The van der Waals surface area contributed by atoms with E-state index in [1.54, 1.807) is 29.2 Å². The zero-order valence-electron chi connectivity index (χ0n) is 18.4. The zero-order chi connectivity index (χ0) is 22.7. The molecule has 0 fully saturated rings. The average molecular weight is 449 g/mol. The van der Waals surface area contributed by atoms with Crippen LogP contribution in [0, 0.1) is 6.92 Å². The number of carbonyl (C=O) groups is 1. The minimum absolute atomic E-state index is 0.00190. The summed E-state index contributed by atoms with van der Waals surface area (Å²) in [5, 5.41) is 0. The molecule has 0 radical (unpaired) electrons. The molecule has 6 heteroatoms. The third-order valence-corrected chi connectivity index (χ3v) is 7.80. The molecule has 5 nitrogen and oxygen atoms in total. The maximum absolute atomic E-state index is 13.5. The highest BCUT2D eigenvalue weighted by Gasteiger charge is 2.34. The Morgan fingerprint density at radius 3 is 2.34 bits per heavy atom. The summed E-state index contributed by atoms with van der Waals surface area (Å²) in [4.78, 5) is 15.3. The van der Waals surface area contributed by atoms with Crippen LogP contribution in [-0.2, 0) is 27.7 Å². The van der Waals surface area contributed by atoms with E-state index in [0.717, 1.165) is 28.8 Å². The Hall–Kier alpha value is -2.96. The molecule has 1 aliphatic heterocycles. The van der Waals surface area contributed by atoms with Crippen molar-refractivity contribution in [3.8, 4) is 0 Å². The van der Waals surface area contributed by atoms with Gasteiger partial charge < -0.3 is 4.90 Å². The predicted octanol–water partition coefficient (Wildman–Crippen LogP) is 4.21. The van der Waals surface area contributed by atoms with E-state index in [4.69, 9.17) is 0 Å². The summed E-state index contributed by atoms with van der Waals surface area (Å²) in [7, 11) is -3.82. The summed E-state index contributed by atoms with van der Waals surface area (Å²) < 4.78 is 28.3. The van der Waals surface area contributed by atoms with Crippen LogP contribution >= 0.6 is 0 Å². The molecule has 32 heavy (non-hydrogen) atoms. The Kier molecular flexibility index (Phi) is 6.44. The first-order chi connectivity index (χ1) is 15.4. The standard InChI is InChI=1S/C26H28N2O3S/c1-20-12-14-24(15-13-20)32(30,31)27(17-16-22-8-4-3-5-9-22)19-26(29)28-21(2)18-23-10-6-7-11-25(23)28/h3-15,21H,16-19H2,1-2H3/t21-/m1/s1. The molecule has 0 unspecified atom stereocenters. The molecule has 0 aliphatic carbocycles. The number of nitrogens with zero attached hydrogens (tertiary/aromatic N) is 2. The lowest BCUT2D eigenvalue weighted by atomic mass is 10.1. The van der Waals surface area contributed by atoms with Gasteiger partial charge in [0.25, 0.3) is 0 Å². The fraction of sp³-hybridized carbons (Fsp3) is 0.269. The normalized spacial score (nSPS) is 15.7. The zero-order valence-corrected chi connectivity index (χ0v) is 19.3. The second-order valence-corrected chi connectivity index (χ2v) is 10.3. The minimum atomic E-state index is -3.82. The lowest BCUT2D eigenvalue weighted by Crippen LogP contribution is -2.45. The molecule has 1 amide bonds. The summed E-state index contributed by atoms with van der Waals surface area (Å²) in [5.41, 5.74) is 4.01. The third-order valence-electron chi connectivity index (χ3n) is 5.94. The highest BCUT2D eigenvalue weighted by atomic mass is 32.2. The first kappa shape index (κ1) is 22.2. The van der Waals surface area contributed by atoms with E-state index in [9.17, 15) is 13.2 Å². The van der Waals surface area contributed by atoms with E-state index in [2.05, 4.69) is 0 Å². The molecule has 3 aromatic rings. The lowest BCUT2D eigenvalue weighted by Gasteiger charge is -2.27. The Balaban J connectivity index is 1.61. The van der Waals surface area contributed by atoms with Crippen molar-refractivity contribution in [1.82, 2.24) is 4.31 Å². The number of rotatable bonds is 7. The van der Waals surface area contributed by atoms with Gasteiger partial charge in [0.05, 0.1) is 11.4 Å². The number of benzene rings is 3. The van der Waals surface area contributed by atoms with Crippen molar-refractivity contribution in [2.75, 3.05) is 18.0 Å². The Morgan fingerprint density at radius 2 is 1.62 bits per heavy atom. The molecule has 166 valence electrons. The summed E-state index contributed by atoms with van der Waals surface area (Å²) in [6.45, 7) is 3.96. The van der Waals surface area contributed by atoms with Crippen LogP contribution < -0.4 is 4.90 Å². The predicted molar refractivity (Wildman–Crippen MR) is 127 cm³/mol. The number of fused-ring (bicyclic) bond motifs is 1. The summed E-state index contributed by atoms with van der Waals surface area (Å²) in [5.74, 6) is -0.203. The number of sulfonamides is 1. The Morgan fingerprint density at radius 1 is 0.969 bits per heavy atom. The van der Waals surface area contributed by atoms with Gasteiger partial charge in [0.15, 0.2) is 0 Å². The van der Waals surface area contributed by atoms with Crippen LogP contribution in [0.3, 0.4) is 0 Å². The van der Waals surface area contributed by atoms with Crippen LogP contribution in [0.4, 0.5) is 5.69 Å². The number of amides is 1. The van der Waals surface area contributed by atoms with Crippen molar-refractivity contribution in [2.45, 2.75) is 37.6 Å². The second-order valence-electron chi connectivity index (χ2n) is 8.33. The van der Waals surface area contributed by atoms with E-state index in [1.165, 1.54) is 4.31 Å². The monoisotopic (exact) mass is 448 g/mol. The number of anilines is 1. The van der Waals surface area contributed by atoms with E-state index in [0.29, 0.717) is 6.42 Å². The van der Waals surface area contributed by atoms with Gasteiger partial charge in [-0.05, 0) is 56.0 Å². The Bertz CT molecular complexity index is 1190. The molecule has 0 bridgehead atoms. The van der Waals surface area contributed by atoms with Gasteiger partial charge in [-0.25, -0.2) is 8.42 Å². The Labute approximate surface area is 190 Å². The van der Waals surface area contributed by atoms with E-state index >= 15 is 0 Å². The van der Waals surface area contributed by atoms with Gasteiger partial charge in [-0.3, -0.25) is 4.79 Å². The quantitative estimate of drug-likeness (QED) is 0.544. The smallest absolute Gasteiger partial charge is 0.243 e. The highest BCUT2D eigenvalue weighted by Crippen LogP contribution is 2.32. The second kappa shape index (κ2) is 9.27. The van der Waals surface area contributed by atoms with Gasteiger partial charge in [-0.15, -0.1) is 0 Å². The largest absolute Gasteiger partial charge is 0.308 e. The fourth-order valence-corrected chi connectivity index (χ4v) is 5.60. The van der Waals surface area contributed by atoms with Crippen molar-refractivity contribution in [3.63, 3.8) is 0 Å². The van der Waals surface area contributed by atoms with Crippen molar-refractivity contribution >= 4 is 21.6 Å². The molecule has 1 atom stereocenters. The van der Waals surface area contributed by atoms with Gasteiger partial charge in [-0.1, -0.05) is 66.2 Å². The average Bonchev–Trinajstić information content (AvgIpc) is 3.13. The van der Waals surface area contributed by atoms with Crippen LogP contribution in [0.2, 0.25) is 0 Å². The third kappa shape index (κ3) is 4.61. The van der Waals surface area contributed by atoms with Crippen molar-refractivity contribution in [1.29, 1.82) is 0 Å². The van der Waals surface area contributed by atoms with Crippen LogP contribution in [0.15, 0.2) is 83.8 Å². The SMILES string of the molecule is Cc1ccc(S(=O)(=O)N(CCc2ccccc2)CC(=O)N2c3ccccc3C[C@H]2C)cc1. The molecule has 1 heterocycles. The van der Waals surface area contributed by atoms with Gasteiger partial charge in [0.1, 0.15) is 0 Å². The van der Waals surface area contributed by atoms with E-state index < -0.39 is 10.0 Å². The van der Waals surface area contributed by atoms with Gasteiger partial charge in [0.2, 0.25) is 15.9 Å². The maximum atomic E-state index is 13.5. The van der Waals surface area contributed by atoms with Gasteiger partial charge in [-0.2, -0.15) is 4.31 Å². The van der Waals surface area contributed by atoms with E-state index in [-0.39, 0.29) is 29.9 Å². The molecular formula is C26H28N2O3S. The van der Waals surface area contributed by atoms with Gasteiger partial charge >= 0.3 is 0 Å². The van der Waals surface area contributed by atoms with E-state index in [1.807, 2.05) is 68.4 Å². The molecule has 4 rings (SSSR count). The first-order valence-electron chi connectivity index (χ1n) is 10.9. The molecule has 0 spiro atoms. The van der Waals surface area contributed by atoms with Crippen LogP contribution in [-0.4, -0.2) is 37.8 Å². The molecule has 0 saturated carbocycles. The molecular weight excluding hydrogens is 420 g/mol. The topological polar surface area (TPSA) is 57.7 Å². The summed E-state index contributed by atoms with van der Waals surface area (Å²) in [6.07, 6.45) is 1.31. The first-order valence-corrected chi connectivity index (χ1v) is 12.3. The van der Waals surface area contributed by atoms with Crippen LogP contribution in [0.1, 0.15) is 23.6 Å². The lowest BCUT2D eigenvalue weighted by molar-refractivity contribution is -0.119. The fourth-order valence-electron chi connectivity index (χ4n) is 4.21. The molecule has 0 aromatic heterocycles. The molecule has 0 N–H and O–H groups in total. The minimum Gasteiger partial charge on any atom is -0.308 e. The highest BCUT2D eigenvalue weighted by molar-refractivity contribution is 7.89. The van der Waals surface area contributed by atoms with Crippen molar-refractivity contribution < 1.29 is 13.2 Å². The van der Waals surface area contributed by atoms with Crippen molar-refractivity contribution in [2.24, 2.45) is 0 Å². The molecule has 0 saturated heterocycles. The number of para-hydroxylation sites is 1. The van der Waals surface area contributed by atoms with Crippen molar-refractivity contribution in [3.05, 3.63) is 95.6 Å². The molecule has 1 aliphatic rings. The summed E-state index contributed by atoms with van der Waals surface area (Å²) >= 11 is 0. The maximum Gasteiger partial charge on any atom is 0.243 e. The number of hydrogen-bond acceptors (Lipinski definition) is 3. The molecule has 3 aromatic carbocycles. The van der Waals surface area contributed by atoms with Crippen LogP contribution in [0.5, 0.6) is 0 Å². The number of carbonyl (C=O) groups excluding carboxylic acids is 1. The summed E-state index contributed by atoms with van der Waals surface area (Å²) in [6, 6.07) is 24.3. The van der Waals surface area contributed by atoms with Crippen LogP contribution in [0.25, 0.3) is 0 Å². The number of hydrogen-bond donors (Lipinski definition) is 0.